The number of nitrogens with zero attached hydrogens (tertiary/aromatic N) is 1. The number of ether oxygens (including phenoxy) is 2. The minimum absolute atomic E-state index is 0.257. The number of methoxy groups -OCH3 is 2. The molecule has 3 rings (SSSR count). The molecule has 3 aromatic rings. The molecule has 0 unspecified atom stereocenters. The maximum atomic E-state index is 12.9. The molecule has 3 aromatic carbocycles. The first kappa shape index (κ1) is 19.3. The molecule has 0 bridgehead atoms. The van der Waals surface area contributed by atoms with Crippen molar-refractivity contribution in [2.24, 2.45) is 0 Å². The van der Waals surface area contributed by atoms with E-state index in [0.29, 0.717) is 28.3 Å². The lowest BCUT2D eigenvalue weighted by Crippen LogP contribution is -2.13. The fourth-order valence-corrected chi connectivity index (χ4v) is 3.61. The number of carbonyl (C=O) groups is 1. The van der Waals surface area contributed by atoms with Crippen molar-refractivity contribution < 1.29 is 14.3 Å². The molecule has 1 amide bonds. The SMILES string of the molecule is COc1cc(NC(=O)c2ccccc2Sc2ccccc2C#N)cc(OC)c1. The summed E-state index contributed by atoms with van der Waals surface area (Å²) in [5.41, 5.74) is 1.65. The monoisotopic (exact) mass is 390 g/mol. The molecular formula is C22H18N2O3S. The number of rotatable bonds is 6. The zero-order valence-corrected chi connectivity index (χ0v) is 16.2. The quantitative estimate of drug-likeness (QED) is 0.643. The van der Waals surface area contributed by atoms with E-state index in [4.69, 9.17) is 9.47 Å². The molecule has 140 valence electrons. The van der Waals surface area contributed by atoms with Gasteiger partial charge in [-0.1, -0.05) is 36.0 Å². The van der Waals surface area contributed by atoms with Crippen molar-refractivity contribution in [1.82, 2.24) is 0 Å². The van der Waals surface area contributed by atoms with E-state index < -0.39 is 0 Å². The second-order valence-corrected chi connectivity index (χ2v) is 6.85. The van der Waals surface area contributed by atoms with Gasteiger partial charge in [0.1, 0.15) is 17.6 Å². The Morgan fingerprint density at radius 1 is 0.929 bits per heavy atom. The molecule has 0 saturated heterocycles. The van der Waals surface area contributed by atoms with Crippen LogP contribution >= 0.6 is 11.8 Å². The summed E-state index contributed by atoms with van der Waals surface area (Å²) < 4.78 is 10.5. The molecule has 0 radical (unpaired) electrons. The minimum atomic E-state index is -0.257. The number of amides is 1. The highest BCUT2D eigenvalue weighted by atomic mass is 32.2. The largest absolute Gasteiger partial charge is 0.497 e. The highest BCUT2D eigenvalue weighted by molar-refractivity contribution is 7.99. The van der Waals surface area contributed by atoms with Crippen LogP contribution in [-0.2, 0) is 0 Å². The van der Waals surface area contributed by atoms with Gasteiger partial charge in [-0.25, -0.2) is 0 Å². The molecule has 0 aliphatic carbocycles. The van der Waals surface area contributed by atoms with Crippen molar-refractivity contribution in [3.63, 3.8) is 0 Å². The Labute approximate surface area is 167 Å². The standard InChI is InChI=1S/C22H18N2O3S/c1-26-17-11-16(12-18(13-17)27-2)24-22(25)19-8-4-6-10-21(19)28-20-9-5-3-7-15(20)14-23/h3-13H,1-2H3,(H,24,25). The van der Waals surface area contributed by atoms with E-state index in [0.717, 1.165) is 9.79 Å². The third kappa shape index (κ3) is 4.45. The third-order valence-electron chi connectivity index (χ3n) is 3.97. The van der Waals surface area contributed by atoms with Gasteiger partial charge in [-0.15, -0.1) is 0 Å². The maximum absolute atomic E-state index is 12.9. The lowest BCUT2D eigenvalue weighted by atomic mass is 10.2. The van der Waals surface area contributed by atoms with Gasteiger partial charge < -0.3 is 14.8 Å². The van der Waals surface area contributed by atoms with Gasteiger partial charge in [0.25, 0.3) is 5.91 Å². The molecular weight excluding hydrogens is 372 g/mol. The summed E-state index contributed by atoms with van der Waals surface area (Å²) in [5.74, 6) is 0.911. The summed E-state index contributed by atoms with van der Waals surface area (Å²) in [6, 6.07) is 22.0. The van der Waals surface area contributed by atoms with Crippen LogP contribution in [0, 0.1) is 11.3 Å². The predicted molar refractivity (Wildman–Crippen MR) is 109 cm³/mol. The summed E-state index contributed by atoms with van der Waals surface area (Å²) in [6.45, 7) is 0. The van der Waals surface area contributed by atoms with Crippen molar-refractivity contribution in [2.75, 3.05) is 19.5 Å². The number of benzene rings is 3. The molecule has 0 aliphatic heterocycles. The lowest BCUT2D eigenvalue weighted by Gasteiger charge is -2.12. The Hall–Kier alpha value is -3.43. The van der Waals surface area contributed by atoms with Crippen LogP contribution in [-0.4, -0.2) is 20.1 Å². The molecule has 0 saturated carbocycles. The van der Waals surface area contributed by atoms with Gasteiger partial charge in [0.2, 0.25) is 0 Å². The Kier molecular flexibility index (Phi) is 6.20. The van der Waals surface area contributed by atoms with Crippen molar-refractivity contribution in [2.45, 2.75) is 9.79 Å². The molecule has 0 spiro atoms. The van der Waals surface area contributed by atoms with Crippen molar-refractivity contribution in [3.8, 4) is 17.6 Å². The molecule has 0 fully saturated rings. The van der Waals surface area contributed by atoms with Crippen molar-refractivity contribution >= 4 is 23.4 Å². The molecule has 0 atom stereocenters. The molecule has 5 nitrogen and oxygen atoms in total. The Bertz CT molecular complexity index is 1020. The molecule has 0 heterocycles. The Balaban J connectivity index is 1.89. The van der Waals surface area contributed by atoms with Crippen LogP contribution in [0.15, 0.2) is 76.5 Å². The molecule has 0 aliphatic rings. The van der Waals surface area contributed by atoms with Gasteiger partial charge in [0.05, 0.1) is 25.3 Å². The fourth-order valence-electron chi connectivity index (χ4n) is 2.59. The van der Waals surface area contributed by atoms with E-state index in [1.165, 1.54) is 11.8 Å². The normalized spacial score (nSPS) is 10.0. The number of carbonyl (C=O) groups excluding carboxylic acids is 1. The van der Waals surface area contributed by atoms with Gasteiger partial charge in [0.15, 0.2) is 0 Å². The van der Waals surface area contributed by atoms with Crippen LogP contribution in [0.25, 0.3) is 0 Å². The van der Waals surface area contributed by atoms with Gasteiger partial charge in [-0.3, -0.25) is 4.79 Å². The Morgan fingerprint density at radius 3 is 2.18 bits per heavy atom. The van der Waals surface area contributed by atoms with Crippen LogP contribution in [0.1, 0.15) is 15.9 Å². The van der Waals surface area contributed by atoms with Crippen LogP contribution < -0.4 is 14.8 Å². The summed E-state index contributed by atoms with van der Waals surface area (Å²) in [6.07, 6.45) is 0. The van der Waals surface area contributed by atoms with Gasteiger partial charge >= 0.3 is 0 Å². The average molecular weight is 390 g/mol. The van der Waals surface area contributed by atoms with Crippen molar-refractivity contribution in [1.29, 1.82) is 5.26 Å². The zero-order valence-electron chi connectivity index (χ0n) is 15.4. The summed E-state index contributed by atoms with van der Waals surface area (Å²) in [7, 11) is 3.11. The van der Waals surface area contributed by atoms with Crippen LogP contribution in [0.2, 0.25) is 0 Å². The van der Waals surface area contributed by atoms with E-state index in [-0.39, 0.29) is 5.91 Å². The molecule has 1 N–H and O–H groups in total. The lowest BCUT2D eigenvalue weighted by molar-refractivity contribution is 0.102. The number of nitriles is 1. The van der Waals surface area contributed by atoms with E-state index >= 15 is 0 Å². The van der Waals surface area contributed by atoms with E-state index in [1.807, 2.05) is 30.3 Å². The van der Waals surface area contributed by atoms with Gasteiger partial charge in [0, 0.05) is 33.7 Å². The zero-order chi connectivity index (χ0) is 19.9. The summed E-state index contributed by atoms with van der Waals surface area (Å²) in [4.78, 5) is 14.5. The van der Waals surface area contributed by atoms with Crippen LogP contribution in [0.3, 0.4) is 0 Å². The van der Waals surface area contributed by atoms with Crippen molar-refractivity contribution in [3.05, 3.63) is 77.9 Å². The van der Waals surface area contributed by atoms with Gasteiger partial charge in [-0.05, 0) is 24.3 Å². The van der Waals surface area contributed by atoms with Crippen LogP contribution in [0.5, 0.6) is 11.5 Å². The van der Waals surface area contributed by atoms with Crippen LogP contribution in [0.4, 0.5) is 5.69 Å². The highest BCUT2D eigenvalue weighted by Gasteiger charge is 2.14. The number of anilines is 1. The fraction of sp³-hybridized carbons (Fsp3) is 0.0909. The first-order valence-corrected chi connectivity index (χ1v) is 9.26. The summed E-state index contributed by atoms with van der Waals surface area (Å²) >= 11 is 1.39. The second kappa shape index (κ2) is 8.98. The van der Waals surface area contributed by atoms with E-state index in [1.54, 1.807) is 50.6 Å². The predicted octanol–water partition coefficient (Wildman–Crippen LogP) is 4.98. The topological polar surface area (TPSA) is 71.3 Å². The van der Waals surface area contributed by atoms with E-state index in [9.17, 15) is 10.1 Å². The molecule has 28 heavy (non-hydrogen) atoms. The number of nitrogens with one attached hydrogen (secondary N) is 1. The number of hydrogen-bond donors (Lipinski definition) is 1. The smallest absolute Gasteiger partial charge is 0.256 e. The first-order valence-electron chi connectivity index (χ1n) is 8.45. The summed E-state index contributed by atoms with van der Waals surface area (Å²) in [5, 5.41) is 12.2. The third-order valence-corrected chi connectivity index (χ3v) is 5.12. The molecule has 0 aromatic heterocycles. The van der Waals surface area contributed by atoms with Gasteiger partial charge in [-0.2, -0.15) is 5.26 Å². The average Bonchev–Trinajstić information content (AvgIpc) is 2.74. The van der Waals surface area contributed by atoms with E-state index in [2.05, 4.69) is 11.4 Å². The minimum Gasteiger partial charge on any atom is -0.497 e. The molecule has 6 heteroatoms. The second-order valence-electron chi connectivity index (χ2n) is 5.76. The number of hydrogen-bond acceptors (Lipinski definition) is 5. The Morgan fingerprint density at radius 2 is 1.54 bits per heavy atom. The maximum Gasteiger partial charge on any atom is 0.256 e. The first-order chi connectivity index (χ1) is 13.6. The highest BCUT2D eigenvalue weighted by Crippen LogP contribution is 2.33.